The molecule has 0 bridgehead atoms. The number of carbonyl (C=O) groups is 1. The van der Waals surface area contributed by atoms with Gasteiger partial charge in [0.25, 0.3) is 5.91 Å². The second-order valence-electron chi connectivity index (χ2n) is 5.74. The van der Waals surface area contributed by atoms with Gasteiger partial charge in [-0.2, -0.15) is 0 Å². The smallest absolute Gasteiger partial charge is 0.271 e. The molecular weight excluding hydrogens is 371 g/mol. The molecule has 2 heterocycles. The Labute approximate surface area is 158 Å². The first-order valence-electron chi connectivity index (χ1n) is 8.17. The first-order valence-corrected chi connectivity index (χ1v) is 9.05. The van der Waals surface area contributed by atoms with Gasteiger partial charge in [0, 0.05) is 18.0 Å². The maximum absolute atomic E-state index is 13.2. The molecule has 4 rings (SSSR count). The molecule has 8 heteroatoms. The van der Waals surface area contributed by atoms with Gasteiger partial charge in [-0.05, 0) is 29.8 Å². The quantitative estimate of drug-likeness (QED) is 0.702. The van der Waals surface area contributed by atoms with Crippen LogP contribution in [0.5, 0.6) is 17.2 Å². The van der Waals surface area contributed by atoms with E-state index in [1.54, 1.807) is 35.7 Å². The minimum absolute atomic E-state index is 0.208. The fraction of sp³-hybridized carbons (Fsp3) is 0.158. The molecule has 6 nitrogen and oxygen atoms in total. The predicted molar refractivity (Wildman–Crippen MR) is 96.6 cm³/mol. The molecule has 0 radical (unpaired) electrons. The number of nitrogens with zero attached hydrogens (tertiary/aromatic N) is 1. The molecular formula is C19H15FN2O4S. The summed E-state index contributed by atoms with van der Waals surface area (Å²) < 4.78 is 29.4. The number of amides is 1. The summed E-state index contributed by atoms with van der Waals surface area (Å²) in [7, 11) is 0. The number of carbonyl (C=O) groups excluding carboxylic acids is 1. The van der Waals surface area contributed by atoms with Crippen LogP contribution in [0.25, 0.3) is 0 Å². The second kappa shape index (κ2) is 7.63. The Bertz CT molecular complexity index is 976. The molecule has 27 heavy (non-hydrogen) atoms. The number of thiazole rings is 1. The lowest BCUT2D eigenvalue weighted by Gasteiger charge is -2.05. The number of halogens is 1. The van der Waals surface area contributed by atoms with E-state index in [9.17, 15) is 9.18 Å². The average molecular weight is 386 g/mol. The van der Waals surface area contributed by atoms with E-state index in [1.807, 2.05) is 0 Å². The van der Waals surface area contributed by atoms with Crippen LogP contribution in [0.4, 0.5) is 4.39 Å². The number of fused-ring (bicyclic) bond motifs is 1. The van der Waals surface area contributed by atoms with Crippen molar-refractivity contribution in [1.29, 1.82) is 0 Å². The second-order valence-corrected chi connectivity index (χ2v) is 6.69. The third-order valence-corrected chi connectivity index (χ3v) is 4.66. The van der Waals surface area contributed by atoms with Crippen molar-refractivity contribution >= 4 is 17.2 Å². The van der Waals surface area contributed by atoms with Crippen LogP contribution in [0.2, 0.25) is 0 Å². The van der Waals surface area contributed by atoms with Gasteiger partial charge >= 0.3 is 0 Å². The van der Waals surface area contributed by atoms with Crippen molar-refractivity contribution in [2.24, 2.45) is 0 Å². The van der Waals surface area contributed by atoms with Crippen molar-refractivity contribution in [2.75, 3.05) is 6.79 Å². The van der Waals surface area contributed by atoms with E-state index >= 15 is 0 Å². The molecule has 0 fully saturated rings. The van der Waals surface area contributed by atoms with Crippen LogP contribution in [0.15, 0.2) is 47.8 Å². The van der Waals surface area contributed by atoms with Gasteiger partial charge in [0.2, 0.25) is 6.79 Å². The minimum Gasteiger partial charge on any atom is -0.486 e. The Hall–Kier alpha value is -3.13. The first-order chi connectivity index (χ1) is 13.2. The number of ether oxygens (including phenoxy) is 3. The number of aromatic nitrogens is 1. The summed E-state index contributed by atoms with van der Waals surface area (Å²) in [6, 6.07) is 11.4. The van der Waals surface area contributed by atoms with Gasteiger partial charge in [0.05, 0.1) is 0 Å². The SMILES string of the molecule is O=C(NCc1cccc(F)c1)c1csc(COc2ccc3c(c2)OCO3)n1. The minimum atomic E-state index is -0.335. The van der Waals surface area contributed by atoms with Gasteiger partial charge in [-0.25, -0.2) is 9.37 Å². The van der Waals surface area contributed by atoms with Crippen LogP contribution in [0, 0.1) is 5.82 Å². The summed E-state index contributed by atoms with van der Waals surface area (Å²) in [6.45, 7) is 0.679. The first kappa shape index (κ1) is 17.3. The predicted octanol–water partition coefficient (Wildman–Crippen LogP) is 3.52. The molecule has 2 aromatic carbocycles. The monoisotopic (exact) mass is 386 g/mol. The standard InChI is InChI=1S/C19H15FN2O4S/c20-13-3-1-2-12(6-13)8-21-19(23)15-10-27-18(22-15)9-24-14-4-5-16-17(7-14)26-11-25-16/h1-7,10H,8-9,11H2,(H,21,23). The van der Waals surface area contributed by atoms with E-state index in [2.05, 4.69) is 10.3 Å². The Morgan fingerprint density at radius 2 is 2.11 bits per heavy atom. The van der Waals surface area contributed by atoms with Crippen LogP contribution < -0.4 is 19.5 Å². The van der Waals surface area contributed by atoms with Crippen LogP contribution >= 0.6 is 11.3 Å². The van der Waals surface area contributed by atoms with E-state index in [4.69, 9.17) is 14.2 Å². The van der Waals surface area contributed by atoms with Gasteiger partial charge in [-0.3, -0.25) is 4.79 Å². The number of rotatable bonds is 6. The summed E-state index contributed by atoms with van der Waals surface area (Å²) in [6.07, 6.45) is 0. The molecule has 138 valence electrons. The van der Waals surface area contributed by atoms with Gasteiger partial charge < -0.3 is 19.5 Å². The van der Waals surface area contributed by atoms with Gasteiger partial charge in [0.15, 0.2) is 11.5 Å². The molecule has 1 aromatic heterocycles. The Balaban J connectivity index is 1.32. The molecule has 0 saturated heterocycles. The van der Waals surface area contributed by atoms with Crippen molar-refractivity contribution in [3.8, 4) is 17.2 Å². The molecule has 3 aromatic rings. The summed E-state index contributed by atoms with van der Waals surface area (Å²) >= 11 is 1.33. The van der Waals surface area contributed by atoms with Crippen molar-refractivity contribution < 1.29 is 23.4 Å². The van der Waals surface area contributed by atoms with Crippen molar-refractivity contribution in [1.82, 2.24) is 10.3 Å². The third kappa shape index (κ3) is 4.17. The lowest BCUT2D eigenvalue weighted by molar-refractivity contribution is 0.0946. The summed E-state index contributed by atoms with van der Waals surface area (Å²) in [5, 5.41) is 5.06. The molecule has 0 atom stereocenters. The normalized spacial score (nSPS) is 12.0. The van der Waals surface area contributed by atoms with Gasteiger partial charge in [-0.1, -0.05) is 12.1 Å². The Morgan fingerprint density at radius 1 is 1.22 bits per heavy atom. The summed E-state index contributed by atoms with van der Waals surface area (Å²) in [4.78, 5) is 16.5. The van der Waals surface area contributed by atoms with Crippen molar-refractivity contribution in [3.63, 3.8) is 0 Å². The highest BCUT2D eigenvalue weighted by atomic mass is 32.1. The molecule has 0 spiro atoms. The lowest BCUT2D eigenvalue weighted by atomic mass is 10.2. The average Bonchev–Trinajstić information content (AvgIpc) is 3.33. The number of nitrogens with one attached hydrogen (secondary N) is 1. The van der Waals surface area contributed by atoms with Gasteiger partial charge in [-0.15, -0.1) is 11.3 Å². The van der Waals surface area contributed by atoms with Crippen LogP contribution in [0.1, 0.15) is 21.1 Å². The van der Waals surface area contributed by atoms with E-state index in [0.29, 0.717) is 33.5 Å². The van der Waals surface area contributed by atoms with Crippen LogP contribution in [-0.4, -0.2) is 17.7 Å². The molecule has 1 amide bonds. The van der Waals surface area contributed by atoms with E-state index in [1.165, 1.54) is 23.5 Å². The van der Waals surface area contributed by atoms with Crippen LogP contribution in [0.3, 0.4) is 0 Å². The fourth-order valence-corrected chi connectivity index (χ4v) is 3.20. The number of benzene rings is 2. The molecule has 0 unspecified atom stereocenters. The molecule has 0 saturated carbocycles. The molecule has 1 N–H and O–H groups in total. The fourth-order valence-electron chi connectivity index (χ4n) is 2.51. The van der Waals surface area contributed by atoms with Gasteiger partial charge in [0.1, 0.15) is 28.9 Å². The number of hydrogen-bond acceptors (Lipinski definition) is 6. The maximum atomic E-state index is 13.2. The zero-order valence-corrected chi connectivity index (χ0v) is 14.9. The zero-order valence-electron chi connectivity index (χ0n) is 14.1. The molecule has 0 aliphatic carbocycles. The third-order valence-electron chi connectivity index (χ3n) is 3.83. The highest BCUT2D eigenvalue weighted by molar-refractivity contribution is 7.09. The zero-order chi connectivity index (χ0) is 18.6. The molecule has 1 aliphatic rings. The van der Waals surface area contributed by atoms with E-state index in [0.717, 1.165) is 0 Å². The lowest BCUT2D eigenvalue weighted by Crippen LogP contribution is -2.23. The Morgan fingerprint density at radius 3 is 3.00 bits per heavy atom. The molecule has 1 aliphatic heterocycles. The van der Waals surface area contributed by atoms with Crippen molar-refractivity contribution in [2.45, 2.75) is 13.2 Å². The summed E-state index contributed by atoms with van der Waals surface area (Å²) in [5.74, 6) is 1.31. The number of hydrogen-bond donors (Lipinski definition) is 1. The largest absolute Gasteiger partial charge is 0.486 e. The van der Waals surface area contributed by atoms with Crippen LogP contribution in [-0.2, 0) is 13.2 Å². The topological polar surface area (TPSA) is 69.7 Å². The summed E-state index contributed by atoms with van der Waals surface area (Å²) in [5.41, 5.74) is 0.991. The Kier molecular flexibility index (Phi) is 4.88. The van der Waals surface area contributed by atoms with Crippen molar-refractivity contribution in [3.05, 3.63) is 69.9 Å². The highest BCUT2D eigenvalue weighted by Gasteiger charge is 2.15. The van der Waals surface area contributed by atoms with E-state index in [-0.39, 0.29) is 31.7 Å². The maximum Gasteiger partial charge on any atom is 0.271 e. The highest BCUT2D eigenvalue weighted by Crippen LogP contribution is 2.35. The van der Waals surface area contributed by atoms with E-state index < -0.39 is 0 Å².